The highest BCUT2D eigenvalue weighted by Gasteiger charge is 2.12. The lowest BCUT2D eigenvalue weighted by atomic mass is 10.3. The van der Waals surface area contributed by atoms with E-state index in [1.807, 2.05) is 30.3 Å². The maximum atomic E-state index is 2.22. The molecule has 0 amide bonds. The summed E-state index contributed by atoms with van der Waals surface area (Å²) < 4.78 is 3.55. The predicted octanol–water partition coefficient (Wildman–Crippen LogP) is 2.26. The molecule has 0 spiro atoms. The molecule has 0 bridgehead atoms. The van der Waals surface area contributed by atoms with E-state index in [1.54, 1.807) is 0 Å². The summed E-state index contributed by atoms with van der Waals surface area (Å²) in [7, 11) is 6.17. The summed E-state index contributed by atoms with van der Waals surface area (Å²) in [5, 5.41) is 1.27. The fourth-order valence-corrected chi connectivity index (χ4v) is 2.52. The maximum absolute atomic E-state index is 2.22. The summed E-state index contributed by atoms with van der Waals surface area (Å²) in [6, 6.07) is 8.47. The molecule has 0 radical (unpaired) electrons. The maximum Gasteiger partial charge on any atom is 0.263 e. The van der Waals surface area contributed by atoms with Gasteiger partial charge >= 0.3 is 0 Å². The third-order valence-corrected chi connectivity index (χ3v) is 3.47. The molecule has 0 saturated heterocycles. The number of nitrogens with zero attached hydrogens (tertiary/aromatic N) is 2. The van der Waals surface area contributed by atoms with Crippen molar-refractivity contribution < 1.29 is 4.57 Å². The van der Waals surface area contributed by atoms with E-state index in [9.17, 15) is 0 Å². The quantitative estimate of drug-likeness (QED) is 0.703. The monoisotopic (exact) mass is 219 g/mol. The van der Waals surface area contributed by atoms with Crippen LogP contribution in [-0.2, 0) is 7.05 Å². The van der Waals surface area contributed by atoms with E-state index in [0.29, 0.717) is 0 Å². The summed E-state index contributed by atoms with van der Waals surface area (Å²) in [6.07, 6.45) is 4.22. The Morgan fingerprint density at radius 2 is 2.00 bits per heavy atom. The van der Waals surface area contributed by atoms with Gasteiger partial charge in [-0.25, -0.2) is 0 Å². The highest BCUT2D eigenvalue weighted by molar-refractivity contribution is 7.18. The molecule has 1 aromatic heterocycles. The Hall–Kier alpha value is -1.35. The van der Waals surface area contributed by atoms with Gasteiger partial charge in [0.25, 0.3) is 5.01 Å². The first kappa shape index (κ1) is 10.2. The third kappa shape index (κ3) is 2.02. The number of benzene rings is 1. The average Bonchev–Trinajstić information content (AvgIpc) is 2.54. The summed E-state index contributed by atoms with van der Waals surface area (Å²) in [6.45, 7) is 0. The van der Waals surface area contributed by atoms with Crippen LogP contribution in [-0.4, -0.2) is 19.0 Å². The SMILES string of the molecule is CN(C)/C=C/c1sc2ccccc2[n+]1C. The molecule has 78 valence electrons. The first-order chi connectivity index (χ1) is 7.18. The molecule has 2 nitrogen and oxygen atoms in total. The molecule has 2 aromatic rings. The van der Waals surface area contributed by atoms with Gasteiger partial charge in [-0.05, 0) is 6.07 Å². The van der Waals surface area contributed by atoms with Crippen molar-refractivity contribution in [1.82, 2.24) is 4.90 Å². The van der Waals surface area contributed by atoms with Gasteiger partial charge in [0.15, 0.2) is 0 Å². The van der Waals surface area contributed by atoms with E-state index >= 15 is 0 Å². The smallest absolute Gasteiger partial charge is 0.263 e. The normalized spacial score (nSPS) is 11.4. The Kier molecular flexibility index (Phi) is 2.73. The molecule has 0 saturated carbocycles. The van der Waals surface area contributed by atoms with Crippen LogP contribution < -0.4 is 4.57 Å². The van der Waals surface area contributed by atoms with Crippen LogP contribution in [0.5, 0.6) is 0 Å². The van der Waals surface area contributed by atoms with E-state index in [-0.39, 0.29) is 0 Å². The molecular weight excluding hydrogens is 204 g/mol. The fraction of sp³-hybridized carbons (Fsp3) is 0.250. The largest absolute Gasteiger partial charge is 0.383 e. The number of fused-ring (bicyclic) bond motifs is 1. The van der Waals surface area contributed by atoms with Crippen LogP contribution >= 0.6 is 11.3 Å². The van der Waals surface area contributed by atoms with Crippen molar-refractivity contribution in [2.75, 3.05) is 14.1 Å². The van der Waals surface area contributed by atoms with Crippen LogP contribution in [0.1, 0.15) is 5.01 Å². The lowest BCUT2D eigenvalue weighted by Gasteiger charge is -2.00. The van der Waals surface area contributed by atoms with Gasteiger partial charge < -0.3 is 4.90 Å². The topological polar surface area (TPSA) is 7.12 Å². The Morgan fingerprint density at radius 3 is 2.67 bits per heavy atom. The van der Waals surface area contributed by atoms with Crippen molar-refractivity contribution in [2.24, 2.45) is 7.05 Å². The van der Waals surface area contributed by atoms with Gasteiger partial charge in [-0.1, -0.05) is 23.5 Å². The molecular formula is C12H15N2S+. The molecule has 0 aliphatic heterocycles. The summed E-state index contributed by atoms with van der Waals surface area (Å²) in [5.41, 5.74) is 1.29. The van der Waals surface area contributed by atoms with Crippen LogP contribution in [0.25, 0.3) is 16.3 Å². The third-order valence-electron chi connectivity index (χ3n) is 2.29. The standard InChI is InChI=1S/C12H15N2S/c1-13(2)9-8-12-14(3)10-6-4-5-7-11(10)15-12/h4-9H,1-3H3/q+1. The van der Waals surface area contributed by atoms with Crippen molar-refractivity contribution in [3.63, 3.8) is 0 Å². The second-order valence-corrected chi connectivity index (χ2v) is 4.81. The molecule has 1 aromatic carbocycles. The van der Waals surface area contributed by atoms with Crippen LogP contribution in [0.15, 0.2) is 30.5 Å². The Bertz CT molecular complexity index is 497. The summed E-state index contributed by atoms with van der Waals surface area (Å²) >= 11 is 1.82. The lowest BCUT2D eigenvalue weighted by molar-refractivity contribution is -0.642. The van der Waals surface area contributed by atoms with Crippen LogP contribution in [0.3, 0.4) is 0 Å². The molecule has 3 heteroatoms. The first-order valence-electron chi connectivity index (χ1n) is 4.90. The van der Waals surface area contributed by atoms with Gasteiger partial charge in [-0.3, -0.25) is 0 Å². The number of para-hydroxylation sites is 1. The predicted molar refractivity (Wildman–Crippen MR) is 65.7 cm³/mol. The van der Waals surface area contributed by atoms with Gasteiger partial charge in [0.2, 0.25) is 5.52 Å². The number of aromatic nitrogens is 1. The number of aryl methyl sites for hydroxylation is 1. The molecule has 1 heterocycles. The zero-order chi connectivity index (χ0) is 10.8. The molecule has 0 aliphatic rings. The first-order valence-corrected chi connectivity index (χ1v) is 5.72. The van der Waals surface area contributed by atoms with Crippen molar-refractivity contribution in [3.8, 4) is 0 Å². The van der Waals surface area contributed by atoms with Crippen LogP contribution in [0.2, 0.25) is 0 Å². The number of hydrogen-bond donors (Lipinski definition) is 0. The van der Waals surface area contributed by atoms with Gasteiger partial charge in [0.05, 0.1) is 0 Å². The molecule has 0 atom stereocenters. The minimum Gasteiger partial charge on any atom is -0.383 e. The lowest BCUT2D eigenvalue weighted by Crippen LogP contribution is -2.28. The molecule has 2 rings (SSSR count). The van der Waals surface area contributed by atoms with Crippen molar-refractivity contribution in [1.29, 1.82) is 0 Å². The van der Waals surface area contributed by atoms with Crippen LogP contribution in [0, 0.1) is 0 Å². The van der Waals surface area contributed by atoms with E-state index in [2.05, 4.69) is 48.2 Å². The highest BCUT2D eigenvalue weighted by atomic mass is 32.1. The van der Waals surface area contributed by atoms with Gasteiger partial charge in [0.1, 0.15) is 11.7 Å². The van der Waals surface area contributed by atoms with E-state index < -0.39 is 0 Å². The Balaban J connectivity index is 2.49. The Labute approximate surface area is 94.1 Å². The van der Waals surface area contributed by atoms with Crippen molar-refractivity contribution >= 4 is 27.6 Å². The number of rotatable bonds is 2. The fourth-order valence-electron chi connectivity index (χ4n) is 1.48. The van der Waals surface area contributed by atoms with E-state index in [1.165, 1.54) is 15.2 Å². The minimum atomic E-state index is 1.27. The van der Waals surface area contributed by atoms with Crippen molar-refractivity contribution in [2.45, 2.75) is 0 Å². The second-order valence-electron chi connectivity index (χ2n) is 3.75. The average molecular weight is 219 g/mol. The van der Waals surface area contributed by atoms with E-state index in [4.69, 9.17) is 0 Å². The summed E-state index contributed by atoms with van der Waals surface area (Å²) in [4.78, 5) is 2.05. The molecule has 0 unspecified atom stereocenters. The number of hydrogen-bond acceptors (Lipinski definition) is 2. The molecule has 0 fully saturated rings. The zero-order valence-corrected chi connectivity index (χ0v) is 10.1. The summed E-state index contributed by atoms with van der Waals surface area (Å²) in [5.74, 6) is 0. The number of thiazole rings is 1. The second kappa shape index (κ2) is 4.03. The van der Waals surface area contributed by atoms with Gasteiger partial charge in [0, 0.05) is 32.4 Å². The Morgan fingerprint density at radius 1 is 1.27 bits per heavy atom. The van der Waals surface area contributed by atoms with E-state index in [0.717, 1.165) is 0 Å². The minimum absolute atomic E-state index is 1.27. The molecule has 0 N–H and O–H groups in total. The van der Waals surface area contributed by atoms with Gasteiger partial charge in [-0.2, -0.15) is 4.57 Å². The molecule has 15 heavy (non-hydrogen) atoms. The van der Waals surface area contributed by atoms with Crippen LogP contribution in [0.4, 0.5) is 0 Å². The highest BCUT2D eigenvalue weighted by Crippen LogP contribution is 2.20. The zero-order valence-electron chi connectivity index (χ0n) is 9.27. The van der Waals surface area contributed by atoms with Crippen molar-refractivity contribution in [3.05, 3.63) is 35.5 Å². The van der Waals surface area contributed by atoms with Gasteiger partial charge in [-0.15, -0.1) is 0 Å². The molecule has 0 aliphatic carbocycles.